The van der Waals surface area contributed by atoms with Crippen molar-refractivity contribution in [3.63, 3.8) is 0 Å². The molecule has 0 spiro atoms. The summed E-state index contributed by atoms with van der Waals surface area (Å²) in [7, 11) is 0. The van der Waals surface area contributed by atoms with Gasteiger partial charge in [-0.15, -0.1) is 0 Å². The fraction of sp³-hybridized carbons (Fsp3) is 0.500. The van der Waals surface area contributed by atoms with Gasteiger partial charge in [-0.1, -0.05) is 0 Å². The molecule has 0 aromatic heterocycles. The maximum atomic E-state index is 2.98. The standard InChI is InChI=1S/C2H3NS2.ClH/c1-3-5-2-4-1;/h1H,2H2;1H. The Morgan fingerprint density at radius 2 is 2.50 bits per heavy atom. The van der Waals surface area contributed by atoms with Gasteiger partial charge in [0.2, 0.25) is 5.55 Å². The Kier molecular flexibility index (Phi) is 4.26. The summed E-state index contributed by atoms with van der Waals surface area (Å²) in [5.41, 5.74) is 1.99. The van der Waals surface area contributed by atoms with Crippen LogP contribution < -0.4 is 16.8 Å². The summed E-state index contributed by atoms with van der Waals surface area (Å²) in [6.07, 6.45) is 0. The lowest BCUT2D eigenvalue weighted by Gasteiger charge is -1.57. The van der Waals surface area contributed by atoms with E-state index in [1.807, 2.05) is 5.55 Å². The van der Waals surface area contributed by atoms with E-state index in [1.54, 1.807) is 23.7 Å². The first kappa shape index (κ1) is 6.66. The summed E-state index contributed by atoms with van der Waals surface area (Å²) in [5, 5.41) is 1.17. The molecule has 1 nitrogen and oxygen atoms in total. The van der Waals surface area contributed by atoms with Crippen molar-refractivity contribution in [3.8, 4) is 0 Å². The minimum atomic E-state index is 0. The fourth-order valence-corrected chi connectivity index (χ4v) is 1.53. The molecular weight excluding hydrogens is 138 g/mol. The molecule has 0 aromatic rings. The Bertz CT molecular complexity index is 49.5. The number of hydrogen-bond donors (Lipinski definition) is 1. The summed E-state index contributed by atoms with van der Waals surface area (Å²) < 4.78 is 2.98. The van der Waals surface area contributed by atoms with Crippen LogP contribution in [0.2, 0.25) is 0 Å². The van der Waals surface area contributed by atoms with Crippen molar-refractivity contribution in [3.05, 3.63) is 0 Å². The Labute approximate surface area is 51.5 Å². The average molecular weight is 142 g/mol. The highest BCUT2D eigenvalue weighted by atomic mass is 35.5. The Morgan fingerprint density at radius 3 is 2.67 bits per heavy atom. The molecule has 1 rings (SSSR count). The van der Waals surface area contributed by atoms with Crippen LogP contribution in [0.4, 0.5) is 0 Å². The minimum absolute atomic E-state index is 0. The summed E-state index contributed by atoms with van der Waals surface area (Å²) in [6.45, 7) is 0. The molecular formula is C2H4ClNS2. The smallest absolute Gasteiger partial charge is 0.210 e. The predicted octanol–water partition coefficient (Wildman–Crippen LogP) is -3.55. The fourth-order valence-electron chi connectivity index (χ4n) is 0.170. The van der Waals surface area contributed by atoms with Crippen LogP contribution in [0.15, 0.2) is 0 Å². The van der Waals surface area contributed by atoms with Crippen LogP contribution in [-0.4, -0.2) is 10.6 Å². The monoisotopic (exact) mass is 141 g/mol. The maximum absolute atomic E-state index is 2.98. The van der Waals surface area contributed by atoms with Gasteiger partial charge >= 0.3 is 0 Å². The lowest BCUT2D eigenvalue weighted by atomic mass is 11.7. The highest BCUT2D eigenvalue weighted by Crippen LogP contribution is 2.01. The molecule has 1 N–H and O–H groups in total. The van der Waals surface area contributed by atoms with E-state index in [4.69, 9.17) is 0 Å². The van der Waals surface area contributed by atoms with Gasteiger partial charge in [0.25, 0.3) is 0 Å². The highest BCUT2D eigenvalue weighted by molar-refractivity contribution is 8.23. The first-order valence-corrected chi connectivity index (χ1v) is 3.34. The molecule has 4 heteroatoms. The van der Waals surface area contributed by atoms with Gasteiger partial charge in [0.05, 0.1) is 0 Å². The molecule has 0 saturated carbocycles. The quantitative estimate of drug-likeness (QED) is 0.352. The van der Waals surface area contributed by atoms with Crippen molar-refractivity contribution in [2.75, 3.05) is 5.08 Å². The van der Waals surface area contributed by atoms with Crippen LogP contribution in [0, 0.1) is 0 Å². The molecule has 0 amide bonds. The van der Waals surface area contributed by atoms with Crippen molar-refractivity contribution in [2.45, 2.75) is 0 Å². The number of rotatable bonds is 0. The number of hydrogen-bond acceptors (Lipinski definition) is 2. The van der Waals surface area contributed by atoms with Gasteiger partial charge in [0.15, 0.2) is 11.9 Å². The Morgan fingerprint density at radius 1 is 1.67 bits per heavy atom. The molecule has 0 atom stereocenters. The first-order chi connectivity index (χ1) is 2.50. The number of thioether (sulfide) groups is 1. The molecule has 36 valence electrons. The van der Waals surface area contributed by atoms with Gasteiger partial charge in [0, 0.05) is 0 Å². The van der Waals surface area contributed by atoms with E-state index in [9.17, 15) is 0 Å². The van der Waals surface area contributed by atoms with E-state index in [0.717, 1.165) is 0 Å². The highest BCUT2D eigenvalue weighted by Gasteiger charge is 1.96. The van der Waals surface area contributed by atoms with Gasteiger partial charge in [-0.05, 0) is 11.8 Å². The molecule has 1 aliphatic rings. The molecule has 1 aliphatic heterocycles. The van der Waals surface area contributed by atoms with Gasteiger partial charge in [-0.25, -0.2) is 0 Å². The van der Waals surface area contributed by atoms with Crippen LogP contribution >= 0.6 is 23.7 Å². The topological polar surface area (TPSA) is 14.0 Å². The molecule has 0 radical (unpaired) electrons. The molecule has 0 aliphatic carbocycles. The maximum Gasteiger partial charge on any atom is 0.210 e. The van der Waals surface area contributed by atoms with Crippen molar-refractivity contribution < 1.29 is 16.8 Å². The van der Waals surface area contributed by atoms with Crippen LogP contribution in [0.1, 0.15) is 0 Å². The first-order valence-electron chi connectivity index (χ1n) is 1.31. The summed E-state index contributed by atoms with van der Waals surface area (Å²) >= 11 is 3.53. The van der Waals surface area contributed by atoms with Gasteiger partial charge in [-0.2, -0.15) is 4.40 Å². The third kappa shape index (κ3) is 1.95. The van der Waals surface area contributed by atoms with Crippen molar-refractivity contribution in [1.29, 1.82) is 0 Å². The summed E-state index contributed by atoms with van der Waals surface area (Å²) in [5.74, 6) is 0. The van der Waals surface area contributed by atoms with Crippen LogP contribution in [0.3, 0.4) is 0 Å². The summed E-state index contributed by atoms with van der Waals surface area (Å²) in [4.78, 5) is 0. The SMILES string of the molecule is C1=[NH+]SCS1.[Cl-]. The van der Waals surface area contributed by atoms with E-state index in [2.05, 4.69) is 4.40 Å². The van der Waals surface area contributed by atoms with Crippen molar-refractivity contribution >= 4 is 29.3 Å². The molecule has 6 heavy (non-hydrogen) atoms. The predicted molar refractivity (Wildman–Crippen MR) is 27.1 cm³/mol. The molecule has 0 saturated heterocycles. The zero-order valence-electron chi connectivity index (χ0n) is 2.98. The molecule has 0 bridgehead atoms. The molecule has 1 heterocycles. The largest absolute Gasteiger partial charge is 1.00 e. The molecule has 0 unspecified atom stereocenters. The van der Waals surface area contributed by atoms with E-state index >= 15 is 0 Å². The molecule has 0 fully saturated rings. The second-order valence-corrected chi connectivity index (χ2v) is 2.70. The average Bonchev–Trinajstić information content (AvgIpc) is 1.76. The van der Waals surface area contributed by atoms with Crippen LogP contribution in [0.5, 0.6) is 0 Å². The lowest BCUT2D eigenvalue weighted by Crippen LogP contribution is -3.00. The second kappa shape index (κ2) is 3.84. The zero-order chi connectivity index (χ0) is 3.54. The summed E-state index contributed by atoms with van der Waals surface area (Å²) in [6, 6.07) is 0. The van der Waals surface area contributed by atoms with E-state index in [0.29, 0.717) is 0 Å². The Hall–Kier alpha value is 0.660. The van der Waals surface area contributed by atoms with Crippen molar-refractivity contribution in [2.24, 2.45) is 0 Å². The van der Waals surface area contributed by atoms with Gasteiger partial charge in [0.1, 0.15) is 5.08 Å². The zero-order valence-corrected chi connectivity index (χ0v) is 5.37. The van der Waals surface area contributed by atoms with E-state index in [-0.39, 0.29) is 12.4 Å². The Balaban J connectivity index is 0.000000250. The normalized spacial score (nSPS) is 17.3. The number of halogens is 1. The third-order valence-electron chi connectivity index (χ3n) is 0.342. The van der Waals surface area contributed by atoms with Crippen molar-refractivity contribution in [1.82, 2.24) is 0 Å². The van der Waals surface area contributed by atoms with Gasteiger partial charge < -0.3 is 12.4 Å². The van der Waals surface area contributed by atoms with Crippen LogP contribution in [0.25, 0.3) is 0 Å². The van der Waals surface area contributed by atoms with E-state index in [1.165, 1.54) is 5.08 Å². The second-order valence-electron chi connectivity index (χ2n) is 0.665. The number of nitrogens with one attached hydrogen (secondary N) is 1. The third-order valence-corrected chi connectivity index (χ3v) is 2.08. The minimum Gasteiger partial charge on any atom is -1.00 e. The molecule has 0 aromatic carbocycles. The van der Waals surface area contributed by atoms with E-state index < -0.39 is 0 Å². The lowest BCUT2D eigenvalue weighted by molar-refractivity contribution is -0.230. The van der Waals surface area contributed by atoms with Crippen LogP contribution in [-0.2, 0) is 0 Å². The van der Waals surface area contributed by atoms with Gasteiger partial charge in [-0.3, -0.25) is 0 Å².